The maximum absolute atomic E-state index is 5.37. The lowest BCUT2D eigenvalue weighted by molar-refractivity contribution is 1.18. The minimum atomic E-state index is -2.45. The third-order valence-electron chi connectivity index (χ3n) is 15.6. The van der Waals surface area contributed by atoms with Crippen LogP contribution in [0.2, 0.25) is 13.1 Å². The van der Waals surface area contributed by atoms with Gasteiger partial charge in [-0.15, -0.1) is 0 Å². The lowest BCUT2D eigenvalue weighted by atomic mass is 10.0. The predicted octanol–water partition coefficient (Wildman–Crippen LogP) is 17.8. The van der Waals surface area contributed by atoms with E-state index in [0.717, 1.165) is 78.3 Å². The fourth-order valence-electron chi connectivity index (χ4n) is 11.6. The smallest absolute Gasteiger partial charge is 0.158 e. The summed E-state index contributed by atoms with van der Waals surface area (Å²) in [5, 5.41) is 6.91. The van der Waals surface area contributed by atoms with Crippen LogP contribution in [0.4, 0.5) is 34.1 Å². The lowest BCUT2D eigenvalue weighted by Gasteiger charge is -2.28. The molecule has 14 rings (SSSR count). The van der Waals surface area contributed by atoms with Crippen LogP contribution in [0.1, 0.15) is 0 Å². The van der Waals surface area contributed by atoms with Gasteiger partial charge in [0.2, 0.25) is 0 Å². The highest BCUT2D eigenvalue weighted by atomic mass is 28.3. The van der Waals surface area contributed by atoms with Gasteiger partial charge >= 0.3 is 0 Å². The van der Waals surface area contributed by atoms with Crippen molar-refractivity contribution in [3.8, 4) is 33.6 Å². The highest BCUT2D eigenvalue weighted by Crippen LogP contribution is 2.43. The molecule has 10 aromatic carbocycles. The van der Waals surface area contributed by atoms with Gasteiger partial charge in [0.1, 0.15) is 0 Å². The quantitative estimate of drug-likeness (QED) is 0.114. The van der Waals surface area contributed by atoms with Crippen molar-refractivity contribution in [3.05, 3.63) is 291 Å². The van der Waals surface area contributed by atoms with Gasteiger partial charge in [-0.3, -0.25) is 9.97 Å². The Morgan fingerprint density at radius 2 is 0.620 bits per heavy atom. The summed E-state index contributed by atoms with van der Waals surface area (Å²) >= 11 is 0. The van der Waals surface area contributed by atoms with Crippen molar-refractivity contribution >= 4 is 96.4 Å². The summed E-state index contributed by atoms with van der Waals surface area (Å²) in [5.41, 5.74) is 17.7. The summed E-state index contributed by atoms with van der Waals surface area (Å²) in [6, 6.07) is 100. The predicted molar refractivity (Wildman–Crippen MR) is 334 cm³/mol. The van der Waals surface area contributed by atoms with Crippen molar-refractivity contribution in [1.29, 1.82) is 0 Å². The molecule has 0 saturated heterocycles. The number of hydrogen-bond donors (Lipinski definition) is 0. The normalized spacial score (nSPS) is 11.7. The summed E-state index contributed by atoms with van der Waals surface area (Å²) in [6.45, 7) is 4.71. The summed E-state index contributed by atoms with van der Waals surface area (Å²) in [4.78, 5) is 15.4. The molecule has 4 aromatic heterocycles. The zero-order chi connectivity index (χ0) is 52.9. The fraction of sp³-hybridized carbons (Fsp3) is 0.0278. The monoisotopic (exact) mass is 1030 g/mol. The molecule has 0 aliphatic carbocycles. The molecule has 7 heteroatoms. The molecule has 0 unspecified atom stereocenters. The average Bonchev–Trinajstić information content (AvgIpc) is 4.20. The largest absolute Gasteiger partial charge is 0.309 e. The molecule has 0 aliphatic rings. The van der Waals surface area contributed by atoms with Gasteiger partial charge in [-0.1, -0.05) is 171 Å². The second-order valence-corrected chi connectivity index (χ2v) is 25.0. The second-order valence-electron chi connectivity index (χ2n) is 20.7. The number of nitrogens with zero attached hydrogens (tertiary/aromatic N) is 6. The van der Waals surface area contributed by atoms with E-state index in [1.807, 2.05) is 0 Å². The van der Waals surface area contributed by atoms with E-state index in [0.29, 0.717) is 0 Å². The van der Waals surface area contributed by atoms with Crippen molar-refractivity contribution in [2.24, 2.45) is 0 Å². The van der Waals surface area contributed by atoms with E-state index >= 15 is 0 Å². The van der Waals surface area contributed by atoms with E-state index in [1.54, 1.807) is 0 Å². The molecule has 0 spiro atoms. The van der Waals surface area contributed by atoms with Crippen LogP contribution in [0.15, 0.2) is 291 Å². The van der Waals surface area contributed by atoms with Gasteiger partial charge < -0.3 is 18.9 Å². The van der Waals surface area contributed by atoms with Crippen LogP contribution in [0, 0.1) is 0 Å². The van der Waals surface area contributed by atoms with E-state index < -0.39 is 8.07 Å². The number of aromatic nitrogens is 4. The summed E-state index contributed by atoms with van der Waals surface area (Å²) in [7, 11) is -2.45. The molecule has 0 atom stereocenters. The Balaban J connectivity index is 0.845. The van der Waals surface area contributed by atoms with Crippen molar-refractivity contribution in [2.45, 2.75) is 13.1 Å². The van der Waals surface area contributed by atoms with Gasteiger partial charge in [0.05, 0.1) is 45.8 Å². The van der Waals surface area contributed by atoms with Crippen LogP contribution in [0.25, 0.3) is 77.2 Å². The molecule has 6 nitrogen and oxygen atoms in total. The molecule has 79 heavy (non-hydrogen) atoms. The SMILES string of the molecule is C[Si](C)(c1ccc(N(c2cccc(-c3ccccc3)c2)c2ccc3c(c2)c2ccccc2n3-c2ccccc2)cn1)c1ccc(N(c2cccc(-c3ccccc3)c2)c2ccc3c(c2)c2ccccc2n3-c2ccccc2)cn1. The summed E-state index contributed by atoms with van der Waals surface area (Å²) < 4.78 is 4.73. The van der Waals surface area contributed by atoms with E-state index in [-0.39, 0.29) is 0 Å². The lowest BCUT2D eigenvalue weighted by Crippen LogP contribution is -2.55. The zero-order valence-corrected chi connectivity index (χ0v) is 44.9. The molecule has 0 saturated carbocycles. The molecule has 0 fully saturated rings. The van der Waals surface area contributed by atoms with Gasteiger partial charge in [0, 0.05) is 66.3 Å². The van der Waals surface area contributed by atoms with E-state index in [9.17, 15) is 0 Å². The zero-order valence-electron chi connectivity index (χ0n) is 43.9. The molecular formula is C72H54N6Si. The van der Waals surface area contributed by atoms with E-state index in [2.05, 4.69) is 323 Å². The van der Waals surface area contributed by atoms with Gasteiger partial charge in [0.15, 0.2) is 8.07 Å². The number of para-hydroxylation sites is 4. The number of hydrogen-bond acceptors (Lipinski definition) is 4. The first-order valence-corrected chi connectivity index (χ1v) is 30.0. The van der Waals surface area contributed by atoms with Crippen LogP contribution >= 0.6 is 0 Å². The van der Waals surface area contributed by atoms with Crippen molar-refractivity contribution in [1.82, 2.24) is 19.1 Å². The van der Waals surface area contributed by atoms with Crippen LogP contribution < -0.4 is 20.4 Å². The standard InChI is InChI=1S/C72H54N6Si/c1-79(2,71-43-39-61(49-73-71)75(57-31-19-25-53(45-57)51-21-7-3-8-22-51)59-37-41-69-65(47-59)63-33-15-17-35-67(63)77(69)55-27-11-5-12-28-55)72-44-40-62(50-74-72)76(58-32-20-26-54(46-58)52-23-9-4-10-24-52)60-38-42-70-66(48-60)64-34-16-18-36-68(64)78(70)56-29-13-6-14-30-56/h3-50H,1-2H3. The molecule has 0 radical (unpaired) electrons. The first-order chi connectivity index (χ1) is 38.9. The molecular weight excluding hydrogens is 977 g/mol. The van der Waals surface area contributed by atoms with Gasteiger partial charge in [-0.05, 0) is 144 Å². The van der Waals surface area contributed by atoms with Gasteiger partial charge in [-0.25, -0.2) is 0 Å². The number of pyridine rings is 2. The molecule has 0 bridgehead atoms. The Kier molecular flexibility index (Phi) is 11.9. The van der Waals surface area contributed by atoms with Crippen LogP contribution in [0.3, 0.4) is 0 Å². The highest BCUT2D eigenvalue weighted by molar-refractivity contribution is 6.99. The average molecular weight is 1030 g/mol. The third kappa shape index (κ3) is 8.54. The molecule has 4 heterocycles. The van der Waals surface area contributed by atoms with Crippen LogP contribution in [0.5, 0.6) is 0 Å². The van der Waals surface area contributed by atoms with Crippen molar-refractivity contribution in [2.75, 3.05) is 9.80 Å². The molecule has 0 N–H and O–H groups in total. The highest BCUT2D eigenvalue weighted by Gasteiger charge is 2.31. The maximum atomic E-state index is 5.37. The van der Waals surface area contributed by atoms with Crippen LogP contribution in [-0.4, -0.2) is 27.2 Å². The number of rotatable bonds is 12. The van der Waals surface area contributed by atoms with E-state index in [4.69, 9.17) is 9.97 Å². The fourth-order valence-corrected chi connectivity index (χ4v) is 13.7. The third-order valence-corrected chi connectivity index (χ3v) is 18.7. The molecule has 0 aliphatic heterocycles. The minimum Gasteiger partial charge on any atom is -0.309 e. The van der Waals surface area contributed by atoms with Crippen molar-refractivity contribution < 1.29 is 0 Å². The van der Waals surface area contributed by atoms with E-state index in [1.165, 1.54) is 43.7 Å². The van der Waals surface area contributed by atoms with Crippen molar-refractivity contribution in [3.63, 3.8) is 0 Å². The number of fused-ring (bicyclic) bond motifs is 6. The second kappa shape index (κ2) is 19.8. The Morgan fingerprint density at radius 1 is 0.278 bits per heavy atom. The Hall–Kier alpha value is -10.1. The maximum Gasteiger partial charge on any atom is 0.158 e. The number of anilines is 6. The van der Waals surface area contributed by atoms with Gasteiger partial charge in [0.25, 0.3) is 0 Å². The van der Waals surface area contributed by atoms with Gasteiger partial charge in [-0.2, -0.15) is 0 Å². The number of benzene rings is 10. The Labute approximate surface area is 461 Å². The summed E-state index contributed by atoms with van der Waals surface area (Å²) in [5.74, 6) is 0. The summed E-state index contributed by atoms with van der Waals surface area (Å²) in [6.07, 6.45) is 4.11. The van der Waals surface area contributed by atoms with Crippen LogP contribution in [-0.2, 0) is 0 Å². The first kappa shape index (κ1) is 47.4. The Morgan fingerprint density at radius 3 is 1.03 bits per heavy atom. The minimum absolute atomic E-state index is 0.977. The first-order valence-electron chi connectivity index (χ1n) is 27.0. The Bertz CT molecular complexity index is 4210. The molecule has 376 valence electrons. The molecule has 0 amide bonds. The molecule has 14 aromatic rings. The topological polar surface area (TPSA) is 42.1 Å².